The number of piperazine rings is 1. The number of nitrogens with two attached hydrogens (primary N) is 1. The minimum atomic E-state index is -0.520. The van der Waals surface area contributed by atoms with Gasteiger partial charge in [-0.1, -0.05) is 41.9 Å². The highest BCUT2D eigenvalue weighted by Gasteiger charge is 2.33. The average Bonchev–Trinajstić information content (AvgIpc) is 3.81. The van der Waals surface area contributed by atoms with Crippen LogP contribution in [-0.2, 0) is 11.2 Å². The van der Waals surface area contributed by atoms with Crippen molar-refractivity contribution < 1.29 is 4.79 Å². The van der Waals surface area contributed by atoms with E-state index in [2.05, 4.69) is 41.0 Å². The number of benzene rings is 2. The lowest BCUT2D eigenvalue weighted by atomic mass is 10.0. The molecule has 0 aromatic heterocycles. The summed E-state index contributed by atoms with van der Waals surface area (Å²) in [5, 5.41) is 0.697. The van der Waals surface area contributed by atoms with Crippen molar-refractivity contribution in [3.05, 3.63) is 64.7 Å². The van der Waals surface area contributed by atoms with Gasteiger partial charge in [0, 0.05) is 56.0 Å². The lowest BCUT2D eigenvalue weighted by molar-refractivity contribution is -0.132. The zero-order chi connectivity index (χ0) is 24.4. The number of nitrogens with zero attached hydrogens (tertiary/aromatic N) is 3. The van der Waals surface area contributed by atoms with Gasteiger partial charge in [-0.05, 0) is 80.2 Å². The van der Waals surface area contributed by atoms with E-state index in [9.17, 15) is 4.79 Å². The molecule has 3 aliphatic rings. The molecular weight excluding hydrogens is 456 g/mol. The maximum absolute atomic E-state index is 13.0. The molecule has 5 nitrogen and oxygen atoms in total. The predicted octanol–water partition coefficient (Wildman–Crippen LogP) is 4.74. The second-order valence-corrected chi connectivity index (χ2v) is 11.3. The van der Waals surface area contributed by atoms with E-state index in [-0.39, 0.29) is 5.91 Å². The summed E-state index contributed by atoms with van der Waals surface area (Å²) >= 11 is 5.98. The Hall–Kier alpha value is -2.08. The summed E-state index contributed by atoms with van der Waals surface area (Å²) in [5.74, 6) is 1.84. The van der Waals surface area contributed by atoms with Crippen molar-refractivity contribution in [3.8, 4) is 0 Å². The van der Waals surface area contributed by atoms with Crippen molar-refractivity contribution in [2.45, 2.75) is 51.1 Å². The van der Waals surface area contributed by atoms with Gasteiger partial charge in [-0.15, -0.1) is 0 Å². The minimum Gasteiger partial charge on any atom is -0.368 e. The van der Waals surface area contributed by atoms with Crippen LogP contribution in [0.1, 0.15) is 49.8 Å². The number of anilines is 1. The third-order valence-corrected chi connectivity index (χ3v) is 8.18. The van der Waals surface area contributed by atoms with Gasteiger partial charge < -0.3 is 15.5 Å². The second kappa shape index (κ2) is 10.9. The van der Waals surface area contributed by atoms with Crippen molar-refractivity contribution in [1.82, 2.24) is 9.80 Å². The van der Waals surface area contributed by atoms with Gasteiger partial charge in [-0.2, -0.15) is 0 Å². The van der Waals surface area contributed by atoms with Gasteiger partial charge in [0.15, 0.2) is 0 Å². The fraction of sp³-hybridized carbons (Fsp3) is 0.552. The van der Waals surface area contributed by atoms with Gasteiger partial charge in [0.2, 0.25) is 5.91 Å². The zero-order valence-corrected chi connectivity index (χ0v) is 21.7. The number of para-hydroxylation sites is 1. The maximum Gasteiger partial charge on any atom is 0.239 e. The summed E-state index contributed by atoms with van der Waals surface area (Å²) in [7, 11) is 0. The van der Waals surface area contributed by atoms with E-state index in [0.29, 0.717) is 30.6 Å². The van der Waals surface area contributed by atoms with Crippen LogP contribution < -0.4 is 10.6 Å². The first-order chi connectivity index (χ1) is 17.0. The van der Waals surface area contributed by atoms with Crippen molar-refractivity contribution in [2.75, 3.05) is 44.2 Å². The minimum absolute atomic E-state index is 0.0429. The Morgan fingerprint density at radius 2 is 1.57 bits per heavy atom. The number of hydrogen-bond donors (Lipinski definition) is 1. The molecule has 35 heavy (non-hydrogen) atoms. The quantitative estimate of drug-likeness (QED) is 0.518. The largest absolute Gasteiger partial charge is 0.368 e. The first-order valence-corrected chi connectivity index (χ1v) is 13.7. The molecule has 6 heteroatoms. The Labute approximate surface area is 215 Å². The third kappa shape index (κ3) is 6.38. The summed E-state index contributed by atoms with van der Waals surface area (Å²) in [6, 6.07) is 16.4. The third-order valence-electron chi connectivity index (χ3n) is 7.93. The molecular formula is C29H39ClN4O. The molecule has 2 saturated carbocycles. The van der Waals surface area contributed by atoms with Crippen LogP contribution in [0.5, 0.6) is 0 Å². The van der Waals surface area contributed by atoms with E-state index in [0.717, 1.165) is 30.5 Å². The molecule has 2 N–H and O–H groups in total. The highest BCUT2D eigenvalue weighted by atomic mass is 35.5. The summed E-state index contributed by atoms with van der Waals surface area (Å²) < 4.78 is 0. The Balaban J connectivity index is 1.20. The van der Waals surface area contributed by atoms with Gasteiger partial charge in [-0.3, -0.25) is 9.69 Å². The van der Waals surface area contributed by atoms with Crippen molar-refractivity contribution in [3.63, 3.8) is 0 Å². The zero-order valence-electron chi connectivity index (χ0n) is 20.9. The molecule has 2 aromatic rings. The lowest BCUT2D eigenvalue weighted by Crippen LogP contribution is -2.54. The Bertz CT molecular complexity index is 982. The van der Waals surface area contributed by atoms with Crippen molar-refractivity contribution in [1.29, 1.82) is 0 Å². The standard InChI is InChI=1S/C29H39ClN4O/c1-21(34(19-23-6-7-23)20-24-8-9-24)26-4-2-3-5-28(26)32-14-16-33(17-15-32)29(35)27(31)18-22-10-12-25(30)13-11-22/h2-5,10-13,21,23-24,27H,6-9,14-20,31H2,1H3. The second-order valence-electron chi connectivity index (χ2n) is 10.8. The molecule has 2 atom stereocenters. The highest BCUT2D eigenvalue weighted by molar-refractivity contribution is 6.30. The Morgan fingerprint density at radius 1 is 0.971 bits per heavy atom. The number of carbonyl (C=O) groups is 1. The highest BCUT2D eigenvalue weighted by Crippen LogP contribution is 2.39. The molecule has 3 fully saturated rings. The Morgan fingerprint density at radius 3 is 2.17 bits per heavy atom. The monoisotopic (exact) mass is 494 g/mol. The molecule has 2 unspecified atom stereocenters. The molecule has 1 aliphatic heterocycles. The predicted molar refractivity (Wildman–Crippen MR) is 144 cm³/mol. The van der Waals surface area contributed by atoms with E-state index in [1.165, 1.54) is 50.0 Å². The summed E-state index contributed by atoms with van der Waals surface area (Å²) in [6.45, 7) is 7.97. The van der Waals surface area contributed by atoms with Crippen molar-refractivity contribution in [2.24, 2.45) is 17.6 Å². The molecule has 2 aliphatic carbocycles. The van der Waals surface area contributed by atoms with Crippen LogP contribution in [0.25, 0.3) is 0 Å². The summed E-state index contributed by atoms with van der Waals surface area (Å²) in [6.07, 6.45) is 6.11. The molecule has 2 aromatic carbocycles. The van der Waals surface area contributed by atoms with Crippen molar-refractivity contribution >= 4 is 23.2 Å². The number of halogens is 1. The average molecular weight is 495 g/mol. The first kappa shape index (κ1) is 24.6. The van der Waals surface area contributed by atoms with E-state index < -0.39 is 6.04 Å². The lowest BCUT2D eigenvalue weighted by Gasteiger charge is -2.39. The molecule has 1 heterocycles. The SMILES string of the molecule is CC(c1ccccc1N1CCN(C(=O)C(N)Cc2ccc(Cl)cc2)CC1)N(CC1CC1)CC1CC1. The molecule has 1 amide bonds. The number of carbonyl (C=O) groups excluding carboxylic acids is 1. The van der Waals surface area contributed by atoms with Crippen LogP contribution in [0.3, 0.4) is 0 Å². The van der Waals surface area contributed by atoms with E-state index in [1.807, 2.05) is 29.2 Å². The van der Waals surface area contributed by atoms with Crippen LogP contribution in [0.2, 0.25) is 5.02 Å². The van der Waals surface area contributed by atoms with E-state index >= 15 is 0 Å². The molecule has 1 saturated heterocycles. The molecule has 188 valence electrons. The first-order valence-electron chi connectivity index (χ1n) is 13.3. The fourth-order valence-corrected chi connectivity index (χ4v) is 5.47. The normalized spacial score (nSPS) is 20.2. The number of amides is 1. The Kier molecular flexibility index (Phi) is 7.66. The topological polar surface area (TPSA) is 52.8 Å². The van der Waals surface area contributed by atoms with Gasteiger partial charge in [-0.25, -0.2) is 0 Å². The van der Waals surface area contributed by atoms with Crippen LogP contribution >= 0.6 is 11.6 Å². The van der Waals surface area contributed by atoms with E-state index in [1.54, 1.807) is 0 Å². The molecule has 0 bridgehead atoms. The van der Waals surface area contributed by atoms with Gasteiger partial charge in [0.05, 0.1) is 6.04 Å². The number of hydrogen-bond acceptors (Lipinski definition) is 4. The fourth-order valence-electron chi connectivity index (χ4n) is 5.34. The molecule has 5 rings (SSSR count). The van der Waals surface area contributed by atoms with Crippen LogP contribution in [0.15, 0.2) is 48.5 Å². The molecule has 0 spiro atoms. The summed E-state index contributed by atoms with van der Waals surface area (Å²) in [4.78, 5) is 20.2. The van der Waals surface area contributed by atoms with Crippen LogP contribution in [0, 0.1) is 11.8 Å². The molecule has 0 radical (unpaired) electrons. The van der Waals surface area contributed by atoms with E-state index in [4.69, 9.17) is 17.3 Å². The van der Waals surface area contributed by atoms with Crippen LogP contribution in [0.4, 0.5) is 5.69 Å². The smallest absolute Gasteiger partial charge is 0.239 e. The number of rotatable bonds is 10. The van der Waals surface area contributed by atoms with Gasteiger partial charge >= 0.3 is 0 Å². The summed E-state index contributed by atoms with van der Waals surface area (Å²) in [5.41, 5.74) is 10.1. The maximum atomic E-state index is 13.0. The van der Waals surface area contributed by atoms with Gasteiger partial charge in [0.1, 0.15) is 0 Å². The van der Waals surface area contributed by atoms with Gasteiger partial charge in [0.25, 0.3) is 0 Å². The van der Waals surface area contributed by atoms with Crippen LogP contribution in [-0.4, -0.2) is 61.0 Å².